The van der Waals surface area contributed by atoms with Crippen LogP contribution in [0.15, 0.2) is 0 Å². The Bertz CT molecular complexity index is 271. The third-order valence-electron chi connectivity index (χ3n) is 3.28. The van der Waals surface area contributed by atoms with Crippen LogP contribution in [-0.2, 0) is 4.79 Å². The van der Waals surface area contributed by atoms with Crippen LogP contribution >= 0.6 is 12.4 Å². The van der Waals surface area contributed by atoms with E-state index in [-0.39, 0.29) is 36.4 Å². The average Bonchev–Trinajstić information content (AvgIpc) is 2.63. The second kappa shape index (κ2) is 6.73. The Morgan fingerprint density at radius 2 is 2.11 bits per heavy atom. The van der Waals surface area contributed by atoms with Gasteiger partial charge in [-0.05, 0) is 38.1 Å². The summed E-state index contributed by atoms with van der Waals surface area (Å²) in [5.41, 5.74) is -0.351. The molecule has 108 valence electrons. The van der Waals surface area contributed by atoms with Crippen molar-refractivity contribution in [2.24, 2.45) is 5.41 Å². The Balaban J connectivity index is 0.00000289. The van der Waals surface area contributed by atoms with Gasteiger partial charge in [0.25, 0.3) is 0 Å². The molecule has 1 heterocycles. The lowest BCUT2D eigenvalue weighted by atomic mass is 9.88. The lowest BCUT2D eigenvalue weighted by molar-refractivity contribution is -0.127. The van der Waals surface area contributed by atoms with E-state index in [0.29, 0.717) is 0 Å². The monoisotopic (exact) mass is 278 g/mol. The van der Waals surface area contributed by atoms with Crippen molar-refractivity contribution in [1.29, 1.82) is 0 Å². The molecule has 0 radical (unpaired) electrons. The van der Waals surface area contributed by atoms with Gasteiger partial charge in [-0.25, -0.2) is 0 Å². The van der Waals surface area contributed by atoms with Crippen LogP contribution in [0.4, 0.5) is 0 Å². The second-order valence-electron chi connectivity index (χ2n) is 6.48. The molecule has 0 bridgehead atoms. The van der Waals surface area contributed by atoms with Crippen molar-refractivity contribution < 1.29 is 9.90 Å². The van der Waals surface area contributed by atoms with E-state index in [1.807, 2.05) is 6.92 Å². The van der Waals surface area contributed by atoms with Crippen LogP contribution in [0, 0.1) is 5.41 Å². The molecule has 4 nitrogen and oxygen atoms in total. The van der Waals surface area contributed by atoms with Crippen molar-refractivity contribution in [2.45, 2.75) is 58.5 Å². The number of rotatable bonds is 4. The summed E-state index contributed by atoms with van der Waals surface area (Å²) < 4.78 is 0. The van der Waals surface area contributed by atoms with Gasteiger partial charge in [-0.15, -0.1) is 12.4 Å². The molecule has 0 aliphatic carbocycles. The van der Waals surface area contributed by atoms with Crippen molar-refractivity contribution in [2.75, 3.05) is 13.2 Å². The number of hydrogen-bond acceptors (Lipinski definition) is 3. The van der Waals surface area contributed by atoms with E-state index in [2.05, 4.69) is 31.4 Å². The molecule has 0 saturated carbocycles. The number of aliphatic hydroxyl groups excluding tert-OH is 1. The molecule has 0 aromatic heterocycles. The molecule has 2 unspecified atom stereocenters. The molecule has 18 heavy (non-hydrogen) atoms. The molecule has 0 aromatic carbocycles. The fourth-order valence-electron chi connectivity index (χ4n) is 2.33. The summed E-state index contributed by atoms with van der Waals surface area (Å²) >= 11 is 0. The van der Waals surface area contributed by atoms with Gasteiger partial charge in [-0.2, -0.15) is 0 Å². The van der Waals surface area contributed by atoms with Crippen LogP contribution in [0.1, 0.15) is 47.0 Å². The molecule has 3 N–H and O–H groups in total. The SMILES string of the molecule is CC(C)(C)CC(CO)NC(=O)C1(C)CCCN1.Cl. The van der Waals surface area contributed by atoms with Gasteiger partial charge in [0, 0.05) is 0 Å². The Morgan fingerprint density at radius 1 is 1.50 bits per heavy atom. The van der Waals surface area contributed by atoms with E-state index in [1.54, 1.807) is 0 Å². The summed E-state index contributed by atoms with van der Waals surface area (Å²) in [5, 5.41) is 15.5. The third-order valence-corrected chi connectivity index (χ3v) is 3.28. The van der Waals surface area contributed by atoms with Gasteiger partial charge in [-0.1, -0.05) is 20.8 Å². The Labute approximate surface area is 116 Å². The molecule has 1 aliphatic heterocycles. The molecule has 1 amide bonds. The number of halogens is 1. The lowest BCUT2D eigenvalue weighted by Crippen LogP contribution is -2.55. The van der Waals surface area contributed by atoms with Gasteiger partial charge in [0.2, 0.25) is 5.91 Å². The Morgan fingerprint density at radius 3 is 2.50 bits per heavy atom. The first-order valence-electron chi connectivity index (χ1n) is 6.44. The maximum atomic E-state index is 12.1. The summed E-state index contributed by atoms with van der Waals surface area (Å²) in [6.45, 7) is 9.15. The van der Waals surface area contributed by atoms with Gasteiger partial charge in [-0.3, -0.25) is 4.79 Å². The topological polar surface area (TPSA) is 61.4 Å². The molecule has 1 rings (SSSR count). The minimum absolute atomic E-state index is 0. The summed E-state index contributed by atoms with van der Waals surface area (Å²) in [6, 6.07) is -0.151. The van der Waals surface area contributed by atoms with E-state index >= 15 is 0 Å². The van der Waals surface area contributed by atoms with Gasteiger partial charge in [0.05, 0.1) is 18.2 Å². The first kappa shape index (κ1) is 17.7. The smallest absolute Gasteiger partial charge is 0.240 e. The zero-order chi connectivity index (χ0) is 13.1. The zero-order valence-corrected chi connectivity index (χ0v) is 12.7. The molecule has 1 saturated heterocycles. The fraction of sp³-hybridized carbons (Fsp3) is 0.923. The van der Waals surface area contributed by atoms with Crippen molar-refractivity contribution in [3.63, 3.8) is 0 Å². The number of nitrogens with one attached hydrogen (secondary N) is 2. The van der Waals surface area contributed by atoms with Gasteiger partial charge in [0.15, 0.2) is 0 Å². The molecule has 0 spiro atoms. The van der Waals surface area contributed by atoms with Crippen LogP contribution in [0.5, 0.6) is 0 Å². The Kier molecular flexibility index (Phi) is 6.61. The Hall–Kier alpha value is -0.320. The first-order valence-corrected chi connectivity index (χ1v) is 6.44. The van der Waals surface area contributed by atoms with Gasteiger partial charge in [0.1, 0.15) is 0 Å². The molecular weight excluding hydrogens is 252 g/mol. The number of carbonyl (C=O) groups excluding carboxylic acids is 1. The molecule has 2 atom stereocenters. The normalized spacial score (nSPS) is 25.4. The minimum Gasteiger partial charge on any atom is -0.394 e. The fourth-order valence-corrected chi connectivity index (χ4v) is 2.33. The van der Waals surface area contributed by atoms with E-state index in [1.165, 1.54) is 0 Å². The zero-order valence-electron chi connectivity index (χ0n) is 11.9. The quantitative estimate of drug-likeness (QED) is 0.730. The van der Waals surface area contributed by atoms with E-state index in [4.69, 9.17) is 0 Å². The van der Waals surface area contributed by atoms with E-state index in [0.717, 1.165) is 25.8 Å². The highest BCUT2D eigenvalue weighted by atomic mass is 35.5. The number of amides is 1. The van der Waals surface area contributed by atoms with Crippen molar-refractivity contribution in [3.05, 3.63) is 0 Å². The van der Waals surface area contributed by atoms with Crippen LogP contribution in [0.3, 0.4) is 0 Å². The summed E-state index contributed by atoms with van der Waals surface area (Å²) in [6.07, 6.45) is 2.69. The molecular formula is C13H27ClN2O2. The predicted octanol–water partition coefficient (Wildman–Crippen LogP) is 1.46. The average molecular weight is 279 g/mol. The summed E-state index contributed by atoms with van der Waals surface area (Å²) in [7, 11) is 0. The van der Waals surface area contributed by atoms with Crippen LogP contribution in [-0.4, -0.2) is 35.7 Å². The van der Waals surface area contributed by atoms with Gasteiger partial charge < -0.3 is 15.7 Å². The molecule has 1 aliphatic rings. The van der Waals surface area contributed by atoms with Crippen LogP contribution < -0.4 is 10.6 Å². The summed E-state index contributed by atoms with van der Waals surface area (Å²) in [5.74, 6) is 0.0123. The van der Waals surface area contributed by atoms with E-state index in [9.17, 15) is 9.90 Å². The molecule has 1 fully saturated rings. The maximum absolute atomic E-state index is 12.1. The lowest BCUT2D eigenvalue weighted by Gasteiger charge is -2.30. The minimum atomic E-state index is -0.453. The highest BCUT2D eigenvalue weighted by molar-refractivity contribution is 5.86. The highest BCUT2D eigenvalue weighted by Crippen LogP contribution is 2.22. The largest absolute Gasteiger partial charge is 0.394 e. The maximum Gasteiger partial charge on any atom is 0.240 e. The molecule has 0 aromatic rings. The predicted molar refractivity (Wildman–Crippen MR) is 76.0 cm³/mol. The standard InChI is InChI=1S/C13H26N2O2.ClH/c1-12(2,3)8-10(9-16)15-11(17)13(4)6-5-7-14-13;/h10,14,16H,5-9H2,1-4H3,(H,15,17);1H. The number of aliphatic hydroxyl groups is 1. The van der Waals surface area contributed by atoms with Crippen LogP contribution in [0.25, 0.3) is 0 Å². The van der Waals surface area contributed by atoms with Crippen molar-refractivity contribution in [3.8, 4) is 0 Å². The van der Waals surface area contributed by atoms with Crippen molar-refractivity contribution in [1.82, 2.24) is 10.6 Å². The summed E-state index contributed by atoms with van der Waals surface area (Å²) in [4.78, 5) is 12.1. The third kappa shape index (κ3) is 5.12. The number of carbonyl (C=O) groups is 1. The highest BCUT2D eigenvalue weighted by Gasteiger charge is 2.37. The second-order valence-corrected chi connectivity index (χ2v) is 6.48. The van der Waals surface area contributed by atoms with Crippen LogP contribution in [0.2, 0.25) is 0 Å². The van der Waals surface area contributed by atoms with Gasteiger partial charge >= 0.3 is 0 Å². The first-order chi connectivity index (χ1) is 7.77. The number of hydrogen-bond donors (Lipinski definition) is 3. The van der Waals surface area contributed by atoms with Crippen molar-refractivity contribution >= 4 is 18.3 Å². The van der Waals surface area contributed by atoms with E-state index < -0.39 is 5.54 Å². The molecule has 5 heteroatoms.